The number of carbonyl (C=O) groups is 1. The standard InChI is InChI=1S/C14H23NO3S/c1-6-17-13(16)7-10(2)19-9-12-15-8-11(18-12)14(3,4)5/h8,10H,6-7,9H2,1-5H3. The predicted octanol–water partition coefficient (Wildman–Crippen LogP) is 3.55. The molecule has 1 unspecified atom stereocenters. The smallest absolute Gasteiger partial charge is 0.306 e. The molecule has 19 heavy (non-hydrogen) atoms. The van der Waals surface area contributed by atoms with Crippen molar-refractivity contribution in [2.24, 2.45) is 0 Å². The summed E-state index contributed by atoms with van der Waals surface area (Å²) in [7, 11) is 0. The highest BCUT2D eigenvalue weighted by atomic mass is 32.2. The van der Waals surface area contributed by atoms with Gasteiger partial charge in [-0.2, -0.15) is 0 Å². The highest BCUT2D eigenvalue weighted by Gasteiger charge is 2.19. The fraction of sp³-hybridized carbons (Fsp3) is 0.714. The molecule has 5 heteroatoms. The number of aromatic nitrogens is 1. The molecule has 0 N–H and O–H groups in total. The predicted molar refractivity (Wildman–Crippen MR) is 77.2 cm³/mol. The third kappa shape index (κ3) is 5.68. The van der Waals surface area contributed by atoms with Crippen molar-refractivity contribution in [3.63, 3.8) is 0 Å². The van der Waals surface area contributed by atoms with E-state index in [-0.39, 0.29) is 16.6 Å². The van der Waals surface area contributed by atoms with E-state index < -0.39 is 0 Å². The Labute approximate surface area is 119 Å². The van der Waals surface area contributed by atoms with Gasteiger partial charge in [0.15, 0.2) is 0 Å². The second-order valence-corrected chi connectivity index (χ2v) is 6.93. The summed E-state index contributed by atoms with van der Waals surface area (Å²) >= 11 is 1.65. The Bertz CT molecular complexity index is 409. The number of nitrogens with zero attached hydrogens (tertiary/aromatic N) is 1. The average Bonchev–Trinajstić information content (AvgIpc) is 2.74. The monoisotopic (exact) mass is 285 g/mol. The molecule has 1 aromatic rings. The van der Waals surface area contributed by atoms with E-state index in [0.717, 1.165) is 5.76 Å². The largest absolute Gasteiger partial charge is 0.466 e. The molecule has 0 aliphatic carbocycles. The van der Waals surface area contributed by atoms with Gasteiger partial charge in [-0.15, -0.1) is 11.8 Å². The van der Waals surface area contributed by atoms with Crippen molar-refractivity contribution in [3.05, 3.63) is 17.8 Å². The number of rotatable bonds is 6. The zero-order valence-corrected chi connectivity index (χ0v) is 13.2. The van der Waals surface area contributed by atoms with E-state index in [4.69, 9.17) is 9.15 Å². The van der Waals surface area contributed by atoms with Crippen molar-refractivity contribution in [2.75, 3.05) is 6.61 Å². The number of carbonyl (C=O) groups excluding carboxylic acids is 1. The summed E-state index contributed by atoms with van der Waals surface area (Å²) in [6, 6.07) is 0. The number of ether oxygens (including phenoxy) is 1. The van der Waals surface area contributed by atoms with Crippen LogP contribution in [0.1, 0.15) is 52.7 Å². The second kappa shape index (κ2) is 6.98. The van der Waals surface area contributed by atoms with E-state index >= 15 is 0 Å². The molecule has 0 fully saturated rings. The molecular formula is C14H23NO3S. The third-order valence-electron chi connectivity index (χ3n) is 2.54. The van der Waals surface area contributed by atoms with E-state index in [2.05, 4.69) is 25.8 Å². The molecule has 0 saturated carbocycles. The number of hydrogen-bond donors (Lipinski definition) is 0. The zero-order chi connectivity index (χ0) is 14.5. The summed E-state index contributed by atoms with van der Waals surface area (Å²) < 4.78 is 10.6. The van der Waals surface area contributed by atoms with Crippen LogP contribution in [0.25, 0.3) is 0 Å². The number of thioether (sulfide) groups is 1. The van der Waals surface area contributed by atoms with E-state index in [1.54, 1.807) is 18.0 Å². The lowest BCUT2D eigenvalue weighted by Gasteiger charge is -2.13. The van der Waals surface area contributed by atoms with Gasteiger partial charge in [-0.05, 0) is 6.92 Å². The van der Waals surface area contributed by atoms with Crippen molar-refractivity contribution in [3.8, 4) is 0 Å². The summed E-state index contributed by atoms with van der Waals surface area (Å²) in [5, 5.41) is 0.198. The lowest BCUT2D eigenvalue weighted by Crippen LogP contribution is -2.10. The molecule has 0 amide bonds. The molecule has 0 aliphatic rings. The maximum absolute atomic E-state index is 11.3. The molecule has 1 heterocycles. The second-order valence-electron chi connectivity index (χ2n) is 5.50. The first-order chi connectivity index (χ1) is 8.82. The van der Waals surface area contributed by atoms with Gasteiger partial charge in [0.2, 0.25) is 5.89 Å². The Morgan fingerprint density at radius 1 is 1.53 bits per heavy atom. The van der Waals surface area contributed by atoms with Crippen LogP contribution in [0.5, 0.6) is 0 Å². The highest BCUT2D eigenvalue weighted by molar-refractivity contribution is 7.99. The van der Waals surface area contributed by atoms with Gasteiger partial charge in [-0.25, -0.2) is 4.98 Å². The average molecular weight is 285 g/mol. The Morgan fingerprint density at radius 3 is 2.74 bits per heavy atom. The summed E-state index contributed by atoms with van der Waals surface area (Å²) in [5.74, 6) is 2.13. The van der Waals surface area contributed by atoms with Gasteiger partial charge in [0, 0.05) is 10.7 Å². The van der Waals surface area contributed by atoms with E-state index in [1.165, 1.54) is 0 Å². The molecule has 1 aromatic heterocycles. The maximum atomic E-state index is 11.3. The molecule has 4 nitrogen and oxygen atoms in total. The van der Waals surface area contributed by atoms with Crippen LogP contribution in [0.15, 0.2) is 10.6 Å². The molecule has 0 radical (unpaired) electrons. The fourth-order valence-electron chi connectivity index (χ4n) is 1.45. The zero-order valence-electron chi connectivity index (χ0n) is 12.4. The Kier molecular flexibility index (Phi) is 5.91. The highest BCUT2D eigenvalue weighted by Crippen LogP contribution is 2.25. The number of hydrogen-bond acceptors (Lipinski definition) is 5. The Morgan fingerprint density at radius 2 is 2.21 bits per heavy atom. The van der Waals surface area contributed by atoms with E-state index in [9.17, 15) is 4.79 Å². The van der Waals surface area contributed by atoms with Crippen LogP contribution in [0.3, 0.4) is 0 Å². The van der Waals surface area contributed by atoms with Gasteiger partial charge in [0.05, 0.1) is 25.0 Å². The summed E-state index contributed by atoms with van der Waals surface area (Å²) in [4.78, 5) is 15.6. The third-order valence-corrected chi connectivity index (χ3v) is 3.69. The lowest BCUT2D eigenvalue weighted by molar-refractivity contribution is -0.142. The van der Waals surface area contributed by atoms with Crippen LogP contribution >= 0.6 is 11.8 Å². The van der Waals surface area contributed by atoms with Crippen molar-refractivity contribution < 1.29 is 13.9 Å². The lowest BCUT2D eigenvalue weighted by atomic mass is 9.94. The van der Waals surface area contributed by atoms with Gasteiger partial charge in [0.25, 0.3) is 0 Å². The minimum atomic E-state index is -0.148. The van der Waals surface area contributed by atoms with Crippen LogP contribution in [-0.4, -0.2) is 22.8 Å². The normalized spacial score (nSPS) is 13.3. The van der Waals surface area contributed by atoms with Gasteiger partial charge in [-0.3, -0.25) is 4.79 Å². The van der Waals surface area contributed by atoms with Crippen molar-refractivity contribution in [1.29, 1.82) is 0 Å². The summed E-state index contributed by atoms with van der Waals surface area (Å²) in [6.07, 6.45) is 2.21. The molecule has 0 saturated heterocycles. The molecule has 0 aromatic carbocycles. The first-order valence-electron chi connectivity index (χ1n) is 6.55. The van der Waals surface area contributed by atoms with Gasteiger partial charge in [-0.1, -0.05) is 27.7 Å². The summed E-state index contributed by atoms with van der Waals surface area (Å²) in [6.45, 7) is 10.5. The molecular weight excluding hydrogens is 262 g/mol. The molecule has 108 valence electrons. The Hall–Kier alpha value is -0.970. The van der Waals surface area contributed by atoms with Crippen LogP contribution in [0.4, 0.5) is 0 Å². The van der Waals surface area contributed by atoms with Crippen molar-refractivity contribution in [2.45, 2.75) is 57.5 Å². The number of esters is 1. The molecule has 0 bridgehead atoms. The number of oxazole rings is 1. The van der Waals surface area contributed by atoms with E-state index in [0.29, 0.717) is 24.7 Å². The van der Waals surface area contributed by atoms with Gasteiger partial charge < -0.3 is 9.15 Å². The Balaban J connectivity index is 2.40. The summed E-state index contributed by atoms with van der Waals surface area (Å²) in [5.41, 5.74) is -0.0214. The first kappa shape index (κ1) is 16.1. The van der Waals surface area contributed by atoms with E-state index in [1.807, 2.05) is 13.8 Å². The van der Waals surface area contributed by atoms with Crippen LogP contribution < -0.4 is 0 Å². The molecule has 0 spiro atoms. The molecule has 1 atom stereocenters. The van der Waals surface area contributed by atoms with Gasteiger partial charge >= 0.3 is 5.97 Å². The van der Waals surface area contributed by atoms with Crippen molar-refractivity contribution in [1.82, 2.24) is 4.98 Å². The SMILES string of the molecule is CCOC(=O)CC(C)SCc1ncc(C(C)(C)C)o1. The topological polar surface area (TPSA) is 52.3 Å². The quantitative estimate of drug-likeness (QED) is 0.748. The first-order valence-corrected chi connectivity index (χ1v) is 7.60. The minimum Gasteiger partial charge on any atom is -0.466 e. The van der Waals surface area contributed by atoms with Crippen LogP contribution in [-0.2, 0) is 20.7 Å². The minimum absolute atomic E-state index is 0.0214. The van der Waals surface area contributed by atoms with Crippen LogP contribution in [0, 0.1) is 0 Å². The maximum Gasteiger partial charge on any atom is 0.306 e. The molecule has 1 rings (SSSR count). The fourth-order valence-corrected chi connectivity index (χ4v) is 2.27. The van der Waals surface area contributed by atoms with Gasteiger partial charge in [0.1, 0.15) is 5.76 Å². The molecule has 0 aliphatic heterocycles. The van der Waals surface area contributed by atoms with Crippen molar-refractivity contribution >= 4 is 17.7 Å². The van der Waals surface area contributed by atoms with Crippen LogP contribution in [0.2, 0.25) is 0 Å².